The van der Waals surface area contributed by atoms with E-state index in [1.54, 1.807) is 0 Å². The third kappa shape index (κ3) is 4.89. The van der Waals surface area contributed by atoms with Gasteiger partial charge in [0.25, 0.3) is 8.32 Å². The molecule has 4 rings (SSSR count). The third-order valence-electron chi connectivity index (χ3n) is 8.23. The van der Waals surface area contributed by atoms with Crippen LogP contribution in [0.2, 0.25) is 23.7 Å². The van der Waals surface area contributed by atoms with Gasteiger partial charge in [-0.1, -0.05) is 137 Å². The van der Waals surface area contributed by atoms with Gasteiger partial charge in [0.15, 0.2) is 0 Å². The van der Waals surface area contributed by atoms with E-state index in [1.807, 2.05) is 0 Å². The van der Waals surface area contributed by atoms with Crippen molar-refractivity contribution in [2.24, 2.45) is 5.92 Å². The summed E-state index contributed by atoms with van der Waals surface area (Å²) in [5.41, 5.74) is 0.329. The van der Waals surface area contributed by atoms with Crippen LogP contribution >= 0.6 is 0 Å². The van der Waals surface area contributed by atoms with Gasteiger partial charge in [-0.2, -0.15) is 0 Å². The molecule has 190 valence electrons. The summed E-state index contributed by atoms with van der Waals surface area (Å²) in [4.78, 5) is 12.9. The van der Waals surface area contributed by atoms with Gasteiger partial charge in [0.2, 0.25) is 5.91 Å². The molecular weight excluding hydrogens is 475 g/mol. The predicted molar refractivity (Wildman–Crippen MR) is 157 cm³/mol. The van der Waals surface area contributed by atoms with Crippen LogP contribution < -0.4 is 20.9 Å². The lowest BCUT2D eigenvalue weighted by molar-refractivity contribution is -0.122. The van der Waals surface area contributed by atoms with Crippen LogP contribution in [-0.4, -0.2) is 34.9 Å². The van der Waals surface area contributed by atoms with Gasteiger partial charge < -0.3 is 9.74 Å². The van der Waals surface area contributed by atoms with Gasteiger partial charge >= 0.3 is 0 Å². The molecule has 36 heavy (non-hydrogen) atoms. The molecule has 1 aliphatic rings. The topological polar surface area (TPSA) is 38.3 Å². The van der Waals surface area contributed by atoms with Crippen LogP contribution in [0.1, 0.15) is 34.1 Å². The van der Waals surface area contributed by atoms with Gasteiger partial charge in [0.1, 0.15) is 0 Å². The molecule has 3 aromatic carbocycles. The number of amides is 1. The molecule has 1 heterocycles. The molecule has 1 N–H and O–H groups in total. The highest BCUT2D eigenvalue weighted by molar-refractivity contribution is 6.99. The summed E-state index contributed by atoms with van der Waals surface area (Å²) < 4.78 is 7.17. The second-order valence-electron chi connectivity index (χ2n) is 11.8. The molecule has 1 amide bonds. The second kappa shape index (κ2) is 10.5. The Morgan fingerprint density at radius 1 is 0.778 bits per heavy atom. The fraction of sp³-hybridized carbons (Fsp3) is 0.387. The number of carbonyl (C=O) groups is 1. The van der Waals surface area contributed by atoms with Crippen LogP contribution in [0.3, 0.4) is 0 Å². The molecule has 1 fully saturated rings. The zero-order valence-electron chi connectivity index (χ0n) is 22.6. The summed E-state index contributed by atoms with van der Waals surface area (Å²) in [6.45, 7) is 14.5. The Bertz CT molecular complexity index is 1100. The van der Waals surface area contributed by atoms with E-state index >= 15 is 0 Å². The van der Waals surface area contributed by atoms with E-state index in [4.69, 9.17) is 4.43 Å². The maximum Gasteiger partial charge on any atom is 0.261 e. The van der Waals surface area contributed by atoms with Gasteiger partial charge in [-0.15, -0.1) is 0 Å². The summed E-state index contributed by atoms with van der Waals surface area (Å²) in [6.07, 6.45) is 0.828. The number of hydrogen-bond acceptors (Lipinski definition) is 2. The Morgan fingerprint density at radius 3 is 1.67 bits per heavy atom. The van der Waals surface area contributed by atoms with Gasteiger partial charge in [0, 0.05) is 18.6 Å². The summed E-state index contributed by atoms with van der Waals surface area (Å²) >= 11 is 0. The minimum Gasteiger partial charge on any atom is -0.407 e. The van der Waals surface area contributed by atoms with Gasteiger partial charge in [-0.3, -0.25) is 4.79 Å². The number of carbonyl (C=O) groups excluding carboxylic acids is 1. The molecule has 3 nitrogen and oxygen atoms in total. The molecular formula is C31H41NO2Si2. The predicted octanol–water partition coefficient (Wildman–Crippen LogP) is 5.07. The number of benzene rings is 3. The Labute approximate surface area is 219 Å². The summed E-state index contributed by atoms with van der Waals surface area (Å²) in [6, 6.07) is 32.5. The molecule has 0 unspecified atom stereocenters. The molecule has 0 aliphatic carbocycles. The van der Waals surface area contributed by atoms with Crippen molar-refractivity contribution < 1.29 is 9.22 Å². The monoisotopic (exact) mass is 515 g/mol. The van der Waals surface area contributed by atoms with Crippen LogP contribution in [0, 0.1) is 5.92 Å². The van der Waals surface area contributed by atoms with Crippen molar-refractivity contribution in [2.75, 3.05) is 6.61 Å². The molecule has 0 aromatic heterocycles. The van der Waals surface area contributed by atoms with E-state index in [2.05, 4.69) is 137 Å². The van der Waals surface area contributed by atoms with Gasteiger partial charge in [0.05, 0.1) is 8.07 Å². The molecule has 1 aliphatic heterocycles. The number of hydrogen-bond donors (Lipinski definition) is 1. The molecule has 5 heteroatoms. The summed E-state index contributed by atoms with van der Waals surface area (Å²) in [5, 5.41) is 7.31. The van der Waals surface area contributed by atoms with E-state index in [9.17, 15) is 4.79 Å². The first-order valence-electron chi connectivity index (χ1n) is 13.2. The molecule has 3 aromatic rings. The highest BCUT2D eigenvalue weighted by atomic mass is 28.4. The summed E-state index contributed by atoms with van der Waals surface area (Å²) in [7, 11) is -4.49. The van der Waals surface area contributed by atoms with E-state index in [0.29, 0.717) is 12.1 Å². The maximum absolute atomic E-state index is 12.9. The summed E-state index contributed by atoms with van der Waals surface area (Å²) in [5.74, 6) is 0.205. The molecule has 3 atom stereocenters. The second-order valence-corrected chi connectivity index (χ2v) is 20.8. The van der Waals surface area contributed by atoms with E-state index < -0.39 is 16.4 Å². The molecule has 0 bridgehead atoms. The molecule has 0 saturated carbocycles. The van der Waals surface area contributed by atoms with Crippen LogP contribution in [-0.2, 0) is 9.22 Å². The van der Waals surface area contributed by atoms with Crippen molar-refractivity contribution in [3.05, 3.63) is 91.0 Å². The molecule has 0 spiro atoms. The average Bonchev–Trinajstić information content (AvgIpc) is 3.16. The van der Waals surface area contributed by atoms with E-state index in [0.717, 1.165) is 6.42 Å². The van der Waals surface area contributed by atoms with Gasteiger partial charge in [-0.25, -0.2) is 0 Å². The fourth-order valence-corrected chi connectivity index (χ4v) is 15.1. The average molecular weight is 516 g/mol. The van der Waals surface area contributed by atoms with Crippen LogP contribution in [0.4, 0.5) is 0 Å². The van der Waals surface area contributed by atoms with Crippen LogP contribution in [0.25, 0.3) is 0 Å². The normalized spacial score (nSPS) is 20.8. The largest absolute Gasteiger partial charge is 0.407 e. The first-order chi connectivity index (χ1) is 17.1. The third-order valence-corrected chi connectivity index (χ3v) is 17.7. The standard InChI is InChI=1S/C31H41NO2Si2/c1-24-29(35(5,6)25-16-10-7-11-17-25)28(32-30(24)33)22-23-34-36(31(2,3)4,26-18-12-8-13-19-26)27-20-14-9-15-21-27/h7-21,24,28-29H,22-23H2,1-6H3,(H,32,33)/t24-,28+,29-/m0/s1. The first-order valence-corrected chi connectivity index (χ1v) is 18.2. The quantitative estimate of drug-likeness (QED) is 0.425. The Balaban J connectivity index is 1.64. The zero-order valence-corrected chi connectivity index (χ0v) is 24.6. The highest BCUT2D eigenvalue weighted by Crippen LogP contribution is 2.40. The van der Waals surface area contributed by atoms with Crippen molar-refractivity contribution in [1.29, 1.82) is 0 Å². The number of rotatable bonds is 8. The molecule has 1 saturated heterocycles. The first kappa shape index (κ1) is 26.6. The van der Waals surface area contributed by atoms with E-state index in [1.165, 1.54) is 15.6 Å². The van der Waals surface area contributed by atoms with Crippen LogP contribution in [0.15, 0.2) is 91.0 Å². The fourth-order valence-electron chi connectivity index (χ4n) is 6.46. The highest BCUT2D eigenvalue weighted by Gasteiger charge is 2.52. The van der Waals surface area contributed by atoms with Crippen LogP contribution in [0.5, 0.6) is 0 Å². The maximum atomic E-state index is 12.9. The SMILES string of the molecule is C[C@@H]1C(=O)N[C@H](CCO[Si](c2ccccc2)(c2ccccc2)C(C)(C)C)[C@H]1[Si](C)(C)c1ccccc1. The minimum absolute atomic E-state index is 0.0183. The zero-order chi connectivity index (χ0) is 26.0. The smallest absolute Gasteiger partial charge is 0.261 e. The Hall–Kier alpha value is -2.48. The lowest BCUT2D eigenvalue weighted by atomic mass is 10.0. The van der Waals surface area contributed by atoms with E-state index in [-0.39, 0.29) is 22.9 Å². The minimum atomic E-state index is -2.59. The Morgan fingerprint density at radius 2 is 1.22 bits per heavy atom. The van der Waals surface area contributed by atoms with Crippen molar-refractivity contribution in [3.8, 4) is 0 Å². The van der Waals surface area contributed by atoms with Crippen molar-refractivity contribution in [1.82, 2.24) is 5.32 Å². The number of nitrogens with one attached hydrogen (secondary N) is 1. The van der Waals surface area contributed by atoms with Crippen molar-refractivity contribution in [3.63, 3.8) is 0 Å². The lowest BCUT2D eigenvalue weighted by Crippen LogP contribution is -2.66. The van der Waals surface area contributed by atoms with Crippen molar-refractivity contribution >= 4 is 37.9 Å². The lowest BCUT2D eigenvalue weighted by Gasteiger charge is -2.43. The molecule has 0 radical (unpaired) electrons. The Kier molecular flexibility index (Phi) is 7.74. The van der Waals surface area contributed by atoms with Gasteiger partial charge in [-0.05, 0) is 27.4 Å². The van der Waals surface area contributed by atoms with Crippen molar-refractivity contribution in [2.45, 2.75) is 63.8 Å².